The van der Waals surface area contributed by atoms with Crippen LogP contribution in [0.1, 0.15) is 78.7 Å². The molecule has 0 radical (unpaired) electrons. The molecule has 11 heteroatoms. The zero-order valence-electron chi connectivity index (χ0n) is 23.9. The number of hydrogen-bond acceptors (Lipinski definition) is 8. The molecule has 0 bridgehead atoms. The Morgan fingerprint density at radius 3 is 2.45 bits per heavy atom. The van der Waals surface area contributed by atoms with Crippen LogP contribution in [0.4, 0.5) is 11.6 Å². The molecule has 1 atom stereocenters. The predicted molar refractivity (Wildman–Crippen MR) is 152 cm³/mol. The van der Waals surface area contributed by atoms with Gasteiger partial charge in [-0.3, -0.25) is 9.89 Å². The average Bonchev–Trinajstić information content (AvgIpc) is 3.51. The van der Waals surface area contributed by atoms with E-state index in [4.69, 9.17) is 14.7 Å². The van der Waals surface area contributed by atoms with Crippen molar-refractivity contribution in [2.45, 2.75) is 77.9 Å². The Hall–Kier alpha value is -4.12. The number of carbonyl (C=O) groups is 1. The van der Waals surface area contributed by atoms with E-state index in [1.807, 2.05) is 69.6 Å². The van der Waals surface area contributed by atoms with Gasteiger partial charge in [-0.1, -0.05) is 6.07 Å². The summed E-state index contributed by atoms with van der Waals surface area (Å²) in [6.07, 6.45) is 4.46. The van der Waals surface area contributed by atoms with E-state index >= 15 is 0 Å². The fourth-order valence-electron chi connectivity index (χ4n) is 5.37. The Balaban J connectivity index is 1.22. The molecule has 5 rings (SSSR count). The number of methoxy groups -OCH3 is 1. The monoisotopic (exact) mass is 543 g/mol. The zero-order valence-corrected chi connectivity index (χ0v) is 23.9. The first-order valence-electron chi connectivity index (χ1n) is 13.7. The van der Waals surface area contributed by atoms with Crippen molar-refractivity contribution < 1.29 is 9.53 Å². The number of rotatable bonds is 8. The highest BCUT2D eigenvalue weighted by Crippen LogP contribution is 2.39. The van der Waals surface area contributed by atoms with Crippen LogP contribution in [0, 0.1) is 27.7 Å². The standard InChI is InChI=1S/C29H37N9O2/c1-17-14-24(33-25-15-18(2)35-36-25)34-27(31-17)22-9-11-29(40-6,12-10-22)28(39)32-21(5)23-7-8-26(30-16-23)38-20(4)13-19(3)37-38/h7-8,13-16,21-22H,9-12H2,1-6H3,(H,32,39)(H2,31,33,34,35,36)/t21-,22-,29+/m0/s1. The lowest BCUT2D eigenvalue weighted by atomic mass is 9.77. The zero-order chi connectivity index (χ0) is 28.4. The minimum Gasteiger partial charge on any atom is -0.368 e. The van der Waals surface area contributed by atoms with Gasteiger partial charge in [0.25, 0.3) is 5.91 Å². The average molecular weight is 544 g/mol. The van der Waals surface area contributed by atoms with Crippen molar-refractivity contribution in [1.82, 2.24) is 40.2 Å². The third-order valence-electron chi connectivity index (χ3n) is 7.64. The maximum Gasteiger partial charge on any atom is 0.252 e. The van der Waals surface area contributed by atoms with Crippen molar-refractivity contribution >= 4 is 17.5 Å². The van der Waals surface area contributed by atoms with E-state index in [1.54, 1.807) is 13.3 Å². The summed E-state index contributed by atoms with van der Waals surface area (Å²) in [6, 6.07) is 9.52. The SMILES string of the molecule is CO[C@]1(C(=O)N[C@@H](C)c2ccc(-n3nc(C)cc3C)nc2)CC[C@H](c2nc(C)cc(Nc3cc(C)[nH]n3)n2)CC1. The summed E-state index contributed by atoms with van der Waals surface area (Å²) in [6.45, 7) is 9.83. The number of amides is 1. The summed E-state index contributed by atoms with van der Waals surface area (Å²) in [4.78, 5) is 27.6. The van der Waals surface area contributed by atoms with Gasteiger partial charge < -0.3 is 15.4 Å². The lowest BCUT2D eigenvalue weighted by Crippen LogP contribution is -2.50. The number of hydrogen-bond donors (Lipinski definition) is 3. The van der Waals surface area contributed by atoms with Crippen LogP contribution in [0.2, 0.25) is 0 Å². The van der Waals surface area contributed by atoms with Crippen molar-refractivity contribution in [3.63, 3.8) is 0 Å². The molecule has 0 spiro atoms. The molecule has 11 nitrogen and oxygen atoms in total. The Bertz CT molecular complexity index is 1480. The molecule has 1 aliphatic carbocycles. The second-order valence-electron chi connectivity index (χ2n) is 10.8. The van der Waals surface area contributed by atoms with Gasteiger partial charge in [0, 0.05) is 48.4 Å². The number of pyridine rings is 1. The van der Waals surface area contributed by atoms with E-state index in [-0.39, 0.29) is 17.9 Å². The molecule has 1 aliphatic rings. The summed E-state index contributed by atoms with van der Waals surface area (Å²) in [7, 11) is 1.62. The fraction of sp³-hybridized carbons (Fsp3) is 0.448. The molecule has 0 unspecified atom stereocenters. The van der Waals surface area contributed by atoms with E-state index in [0.717, 1.165) is 52.8 Å². The second kappa shape index (κ2) is 11.2. The summed E-state index contributed by atoms with van der Waals surface area (Å²) >= 11 is 0. The first-order chi connectivity index (χ1) is 19.2. The normalized spacial score (nSPS) is 19.8. The van der Waals surface area contributed by atoms with Crippen LogP contribution < -0.4 is 10.6 Å². The lowest BCUT2D eigenvalue weighted by Gasteiger charge is -2.38. The Kier molecular flexibility index (Phi) is 7.66. The molecule has 1 saturated carbocycles. The van der Waals surface area contributed by atoms with Gasteiger partial charge in [-0.25, -0.2) is 19.6 Å². The van der Waals surface area contributed by atoms with E-state index in [2.05, 4.69) is 30.9 Å². The van der Waals surface area contributed by atoms with Crippen molar-refractivity contribution in [3.8, 4) is 5.82 Å². The molecular weight excluding hydrogens is 506 g/mol. The van der Waals surface area contributed by atoms with Gasteiger partial charge in [0.2, 0.25) is 0 Å². The second-order valence-corrected chi connectivity index (χ2v) is 10.8. The number of carbonyl (C=O) groups excluding carboxylic acids is 1. The van der Waals surface area contributed by atoms with E-state index in [0.29, 0.717) is 24.5 Å². The molecule has 1 fully saturated rings. The molecule has 40 heavy (non-hydrogen) atoms. The van der Waals surface area contributed by atoms with Crippen LogP contribution in [-0.2, 0) is 9.53 Å². The first-order valence-corrected chi connectivity index (χ1v) is 13.7. The van der Waals surface area contributed by atoms with Gasteiger partial charge in [0.15, 0.2) is 11.6 Å². The van der Waals surface area contributed by atoms with Crippen LogP contribution in [0.5, 0.6) is 0 Å². The highest BCUT2D eigenvalue weighted by Gasteiger charge is 2.43. The maximum atomic E-state index is 13.5. The van der Waals surface area contributed by atoms with Gasteiger partial charge in [-0.05, 0) is 78.0 Å². The van der Waals surface area contributed by atoms with E-state index in [1.165, 1.54) is 0 Å². The highest BCUT2D eigenvalue weighted by molar-refractivity contribution is 5.85. The number of nitrogens with one attached hydrogen (secondary N) is 3. The van der Waals surface area contributed by atoms with Crippen LogP contribution in [0.3, 0.4) is 0 Å². The number of nitrogens with zero attached hydrogens (tertiary/aromatic N) is 6. The minimum atomic E-state index is -0.890. The third-order valence-corrected chi connectivity index (χ3v) is 7.64. The number of H-pyrrole nitrogens is 1. The summed E-state index contributed by atoms with van der Waals surface area (Å²) in [5.74, 6) is 2.98. The Labute approximate surface area is 234 Å². The van der Waals surface area contributed by atoms with Crippen molar-refractivity contribution in [3.05, 3.63) is 70.7 Å². The number of aromatic nitrogens is 7. The lowest BCUT2D eigenvalue weighted by molar-refractivity contribution is -0.148. The van der Waals surface area contributed by atoms with Gasteiger partial charge >= 0.3 is 0 Å². The van der Waals surface area contributed by atoms with Crippen molar-refractivity contribution in [2.75, 3.05) is 12.4 Å². The topological polar surface area (TPSA) is 136 Å². The van der Waals surface area contributed by atoms with Crippen LogP contribution in [0.25, 0.3) is 5.82 Å². The summed E-state index contributed by atoms with van der Waals surface area (Å²) in [5, 5.41) is 18.1. The molecule has 0 aromatic carbocycles. The third kappa shape index (κ3) is 5.74. The summed E-state index contributed by atoms with van der Waals surface area (Å²) < 4.78 is 7.69. The van der Waals surface area contributed by atoms with Gasteiger partial charge in [0.05, 0.1) is 11.7 Å². The van der Waals surface area contributed by atoms with Crippen LogP contribution >= 0.6 is 0 Å². The summed E-state index contributed by atoms with van der Waals surface area (Å²) in [5.41, 5.74) is 3.84. The molecular formula is C29H37N9O2. The number of anilines is 2. The van der Waals surface area contributed by atoms with E-state index in [9.17, 15) is 4.79 Å². The Morgan fingerprint density at radius 2 is 1.85 bits per heavy atom. The smallest absolute Gasteiger partial charge is 0.252 e. The molecule has 4 heterocycles. The number of aromatic amines is 1. The molecule has 4 aromatic rings. The molecule has 4 aromatic heterocycles. The quantitative estimate of drug-likeness (QED) is 0.292. The molecule has 1 amide bonds. The predicted octanol–water partition coefficient (Wildman–Crippen LogP) is 4.68. The van der Waals surface area contributed by atoms with Crippen molar-refractivity contribution in [1.29, 1.82) is 0 Å². The van der Waals surface area contributed by atoms with Gasteiger partial charge in [-0.2, -0.15) is 10.2 Å². The highest BCUT2D eigenvalue weighted by atomic mass is 16.5. The maximum absolute atomic E-state index is 13.5. The van der Waals surface area contributed by atoms with E-state index < -0.39 is 5.60 Å². The number of aryl methyl sites for hydroxylation is 4. The largest absolute Gasteiger partial charge is 0.368 e. The minimum absolute atomic E-state index is 0.106. The molecule has 3 N–H and O–H groups in total. The van der Waals surface area contributed by atoms with Gasteiger partial charge in [-0.15, -0.1) is 0 Å². The number of ether oxygens (including phenoxy) is 1. The van der Waals surface area contributed by atoms with Gasteiger partial charge in [0.1, 0.15) is 17.2 Å². The van der Waals surface area contributed by atoms with Crippen LogP contribution in [-0.4, -0.2) is 53.5 Å². The Morgan fingerprint density at radius 1 is 1.07 bits per heavy atom. The fourth-order valence-corrected chi connectivity index (χ4v) is 5.37. The molecule has 210 valence electrons. The molecule has 0 saturated heterocycles. The van der Waals surface area contributed by atoms with Crippen molar-refractivity contribution in [2.24, 2.45) is 0 Å². The van der Waals surface area contributed by atoms with Crippen LogP contribution in [0.15, 0.2) is 36.5 Å². The molecule has 0 aliphatic heterocycles. The first kappa shape index (κ1) is 27.4.